The second-order valence-electron chi connectivity index (χ2n) is 4.21. The summed E-state index contributed by atoms with van der Waals surface area (Å²) in [6.45, 7) is 2.64. The Bertz CT molecular complexity index is 556. The normalized spacial score (nSPS) is 11.1. The standard InChI is InChI=1S/C15H18N4O2/c1-2-10-17-15(18-11-16)19-13-8-6-12(7-9-13)4-3-5-14(20)21/h3-4,6-9H,2,5,10H2,1H3,(H,20,21)(H2,17,18,19)/b4-3+. The number of hydrogen-bond acceptors (Lipinski definition) is 3. The van der Waals surface area contributed by atoms with Crippen molar-refractivity contribution in [1.29, 1.82) is 5.26 Å². The zero-order valence-corrected chi connectivity index (χ0v) is 11.8. The van der Waals surface area contributed by atoms with E-state index in [0.717, 1.165) is 17.7 Å². The lowest BCUT2D eigenvalue weighted by atomic mass is 10.2. The summed E-state index contributed by atoms with van der Waals surface area (Å²) in [6, 6.07) is 7.37. The summed E-state index contributed by atoms with van der Waals surface area (Å²) in [5.41, 5.74) is 1.70. The second-order valence-corrected chi connectivity index (χ2v) is 4.21. The van der Waals surface area contributed by atoms with Crippen LogP contribution in [0.3, 0.4) is 0 Å². The molecule has 0 aromatic heterocycles. The van der Waals surface area contributed by atoms with Gasteiger partial charge in [0.25, 0.3) is 0 Å². The van der Waals surface area contributed by atoms with Gasteiger partial charge < -0.3 is 10.4 Å². The molecule has 110 valence electrons. The number of anilines is 1. The van der Waals surface area contributed by atoms with E-state index in [1.165, 1.54) is 0 Å². The third-order valence-electron chi connectivity index (χ3n) is 2.44. The number of hydrogen-bond donors (Lipinski definition) is 3. The molecule has 0 bridgehead atoms. The van der Waals surface area contributed by atoms with Crippen LogP contribution in [0.2, 0.25) is 0 Å². The lowest BCUT2D eigenvalue weighted by molar-refractivity contribution is -0.135. The Balaban J connectivity index is 2.66. The van der Waals surface area contributed by atoms with Crippen molar-refractivity contribution < 1.29 is 9.90 Å². The molecule has 6 heteroatoms. The van der Waals surface area contributed by atoms with E-state index in [-0.39, 0.29) is 6.42 Å². The van der Waals surface area contributed by atoms with Crippen molar-refractivity contribution >= 4 is 23.7 Å². The van der Waals surface area contributed by atoms with Gasteiger partial charge >= 0.3 is 5.97 Å². The molecule has 6 nitrogen and oxygen atoms in total. The van der Waals surface area contributed by atoms with E-state index in [9.17, 15) is 4.79 Å². The van der Waals surface area contributed by atoms with Crippen LogP contribution in [0.25, 0.3) is 6.08 Å². The molecule has 0 atom stereocenters. The van der Waals surface area contributed by atoms with Crippen molar-refractivity contribution in [1.82, 2.24) is 5.32 Å². The molecule has 0 heterocycles. The highest BCUT2D eigenvalue weighted by Crippen LogP contribution is 2.11. The minimum absolute atomic E-state index is 0.0000848. The van der Waals surface area contributed by atoms with Crippen molar-refractivity contribution in [3.63, 3.8) is 0 Å². The van der Waals surface area contributed by atoms with Gasteiger partial charge in [0.05, 0.1) is 6.42 Å². The quantitative estimate of drug-likeness (QED) is 0.323. The first-order valence-electron chi connectivity index (χ1n) is 6.60. The largest absolute Gasteiger partial charge is 0.481 e. The van der Waals surface area contributed by atoms with E-state index in [2.05, 4.69) is 15.6 Å². The first kappa shape index (κ1) is 16.2. The number of carbonyl (C=O) groups is 1. The van der Waals surface area contributed by atoms with E-state index in [1.54, 1.807) is 12.2 Å². The fourth-order valence-corrected chi connectivity index (χ4v) is 1.50. The van der Waals surface area contributed by atoms with E-state index in [0.29, 0.717) is 12.5 Å². The van der Waals surface area contributed by atoms with Crippen molar-refractivity contribution in [3.8, 4) is 6.19 Å². The smallest absolute Gasteiger partial charge is 0.307 e. The second kappa shape index (κ2) is 9.15. The SMILES string of the molecule is CCCN=C(NC#N)Nc1ccc(/C=C/CC(=O)O)cc1. The summed E-state index contributed by atoms with van der Waals surface area (Å²) >= 11 is 0. The Morgan fingerprint density at radius 3 is 2.71 bits per heavy atom. The molecule has 0 spiro atoms. The van der Waals surface area contributed by atoms with Crippen molar-refractivity contribution in [2.45, 2.75) is 19.8 Å². The van der Waals surface area contributed by atoms with Gasteiger partial charge in [-0.05, 0) is 24.1 Å². The number of guanidine groups is 1. The molecule has 0 aliphatic carbocycles. The topological polar surface area (TPSA) is 97.5 Å². The van der Waals surface area contributed by atoms with Crippen molar-refractivity contribution in [2.24, 2.45) is 4.99 Å². The van der Waals surface area contributed by atoms with Crippen LogP contribution in [-0.4, -0.2) is 23.6 Å². The Kier molecular flexibility index (Phi) is 7.08. The number of aliphatic carboxylic acids is 1. The van der Waals surface area contributed by atoms with Crippen LogP contribution in [0.15, 0.2) is 35.3 Å². The highest BCUT2D eigenvalue weighted by atomic mass is 16.4. The Hall–Kier alpha value is -2.81. The van der Waals surface area contributed by atoms with Gasteiger partial charge in [0, 0.05) is 12.2 Å². The average Bonchev–Trinajstić information content (AvgIpc) is 2.46. The van der Waals surface area contributed by atoms with Crippen molar-refractivity contribution in [2.75, 3.05) is 11.9 Å². The fourth-order valence-electron chi connectivity index (χ4n) is 1.50. The van der Waals surface area contributed by atoms with Crippen LogP contribution in [-0.2, 0) is 4.79 Å². The predicted molar refractivity (Wildman–Crippen MR) is 82.7 cm³/mol. The van der Waals surface area contributed by atoms with Crippen LogP contribution in [0.4, 0.5) is 5.69 Å². The molecular weight excluding hydrogens is 268 g/mol. The van der Waals surface area contributed by atoms with Gasteiger partial charge in [0.15, 0.2) is 6.19 Å². The van der Waals surface area contributed by atoms with Gasteiger partial charge in [-0.25, -0.2) is 0 Å². The van der Waals surface area contributed by atoms with Crippen molar-refractivity contribution in [3.05, 3.63) is 35.9 Å². The number of benzene rings is 1. The fraction of sp³-hybridized carbons (Fsp3) is 0.267. The summed E-state index contributed by atoms with van der Waals surface area (Å²) in [5.74, 6) is -0.447. The zero-order chi connectivity index (χ0) is 15.5. The zero-order valence-electron chi connectivity index (χ0n) is 11.8. The molecule has 0 unspecified atom stereocenters. The maximum Gasteiger partial charge on any atom is 0.307 e. The molecule has 1 rings (SSSR count). The molecule has 3 N–H and O–H groups in total. The number of carboxylic acids is 1. The number of nitrogens with zero attached hydrogens (tertiary/aromatic N) is 2. The van der Waals surface area contributed by atoms with Gasteiger partial charge in [-0.1, -0.05) is 31.2 Å². The lowest BCUT2D eigenvalue weighted by Gasteiger charge is -2.08. The molecular formula is C15H18N4O2. The molecule has 0 radical (unpaired) electrons. The lowest BCUT2D eigenvalue weighted by Crippen LogP contribution is -2.27. The van der Waals surface area contributed by atoms with Gasteiger partial charge in [-0.3, -0.25) is 15.1 Å². The maximum atomic E-state index is 10.4. The number of nitriles is 1. The van der Waals surface area contributed by atoms with Gasteiger partial charge in [-0.15, -0.1) is 0 Å². The molecule has 1 aromatic carbocycles. The summed E-state index contributed by atoms with van der Waals surface area (Å²) in [7, 11) is 0. The number of rotatable bonds is 6. The van der Waals surface area contributed by atoms with E-state index >= 15 is 0 Å². The van der Waals surface area contributed by atoms with Gasteiger partial charge in [0.1, 0.15) is 0 Å². The van der Waals surface area contributed by atoms with E-state index in [4.69, 9.17) is 10.4 Å². The molecule has 0 saturated carbocycles. The van der Waals surface area contributed by atoms with Crippen LogP contribution in [0.5, 0.6) is 0 Å². The minimum Gasteiger partial charge on any atom is -0.481 e. The molecule has 0 fully saturated rings. The monoisotopic (exact) mass is 286 g/mol. The number of aliphatic imine (C=N–C) groups is 1. The summed E-state index contributed by atoms with van der Waals surface area (Å²) in [4.78, 5) is 14.6. The summed E-state index contributed by atoms with van der Waals surface area (Å²) in [5, 5.41) is 22.7. The maximum absolute atomic E-state index is 10.4. The Morgan fingerprint density at radius 1 is 1.43 bits per heavy atom. The number of carboxylic acid groups (broad SMARTS) is 1. The van der Waals surface area contributed by atoms with Crippen LogP contribution < -0.4 is 10.6 Å². The Morgan fingerprint density at radius 2 is 2.14 bits per heavy atom. The van der Waals surface area contributed by atoms with Crippen LogP contribution in [0, 0.1) is 11.5 Å². The average molecular weight is 286 g/mol. The molecule has 0 aliphatic rings. The van der Waals surface area contributed by atoms with Crippen LogP contribution in [0.1, 0.15) is 25.3 Å². The molecule has 1 aromatic rings. The van der Waals surface area contributed by atoms with Crippen LogP contribution >= 0.6 is 0 Å². The molecule has 0 amide bonds. The minimum atomic E-state index is -0.858. The molecule has 0 saturated heterocycles. The summed E-state index contributed by atoms with van der Waals surface area (Å²) < 4.78 is 0. The van der Waals surface area contributed by atoms with Gasteiger partial charge in [0.2, 0.25) is 5.96 Å². The number of nitrogens with one attached hydrogen (secondary N) is 2. The summed E-state index contributed by atoms with van der Waals surface area (Å²) in [6.07, 6.45) is 6.07. The Labute approximate surface area is 123 Å². The van der Waals surface area contributed by atoms with Gasteiger partial charge in [-0.2, -0.15) is 5.26 Å². The van der Waals surface area contributed by atoms with E-state index < -0.39 is 5.97 Å². The highest BCUT2D eigenvalue weighted by Gasteiger charge is 1.98. The highest BCUT2D eigenvalue weighted by molar-refractivity contribution is 5.94. The third-order valence-corrected chi connectivity index (χ3v) is 2.44. The third kappa shape index (κ3) is 6.78. The first-order chi connectivity index (χ1) is 10.2. The molecule has 0 aliphatic heterocycles. The van der Waals surface area contributed by atoms with E-state index in [1.807, 2.05) is 37.4 Å². The molecule has 21 heavy (non-hydrogen) atoms. The first-order valence-corrected chi connectivity index (χ1v) is 6.60. The predicted octanol–water partition coefficient (Wildman–Crippen LogP) is 2.42.